The molecule has 2 aromatic heterocycles. The topological polar surface area (TPSA) is 125 Å². The molecule has 1 saturated carbocycles. The normalized spacial score (nSPS) is 19.4. The van der Waals surface area contributed by atoms with Crippen LogP contribution in [0.3, 0.4) is 0 Å². The summed E-state index contributed by atoms with van der Waals surface area (Å²) in [4.78, 5) is 20.4. The Labute approximate surface area is 238 Å². The summed E-state index contributed by atoms with van der Waals surface area (Å²) < 4.78 is 34.6. The molecule has 41 heavy (non-hydrogen) atoms. The number of aryl methyl sites for hydroxylation is 1. The number of hydrogen-bond donors (Lipinski definition) is 3. The molecule has 6 rings (SSSR count). The Morgan fingerprint density at radius 1 is 1.15 bits per heavy atom. The number of aromatic nitrogens is 2. The molecule has 3 N–H and O–H groups in total. The van der Waals surface area contributed by atoms with E-state index in [4.69, 9.17) is 4.42 Å². The van der Waals surface area contributed by atoms with Gasteiger partial charge in [0, 0.05) is 24.1 Å². The van der Waals surface area contributed by atoms with Gasteiger partial charge in [0.05, 0.1) is 16.6 Å². The highest BCUT2D eigenvalue weighted by molar-refractivity contribution is 7.92. The average Bonchev–Trinajstić information content (AvgIpc) is 3.70. The molecule has 0 bridgehead atoms. The average molecular weight is 572 g/mol. The maximum atomic E-state index is 13.3. The van der Waals surface area contributed by atoms with Gasteiger partial charge in [-0.3, -0.25) is 4.72 Å². The number of aromatic hydroxyl groups is 1. The van der Waals surface area contributed by atoms with Crippen molar-refractivity contribution in [3.8, 4) is 5.75 Å². The highest BCUT2D eigenvalue weighted by Crippen LogP contribution is 2.48. The van der Waals surface area contributed by atoms with Crippen LogP contribution in [0.15, 0.2) is 93.3 Å². The number of nitrogens with zero attached hydrogens (tertiary/aromatic N) is 1. The molecule has 1 fully saturated rings. The molecule has 0 amide bonds. The molecule has 2 aliphatic carbocycles. The first-order chi connectivity index (χ1) is 19.8. The van der Waals surface area contributed by atoms with Crippen LogP contribution in [0.4, 0.5) is 5.69 Å². The molecule has 2 aromatic carbocycles. The van der Waals surface area contributed by atoms with E-state index in [-0.39, 0.29) is 27.8 Å². The summed E-state index contributed by atoms with van der Waals surface area (Å²) in [7, 11) is -3.99. The zero-order valence-electron chi connectivity index (χ0n) is 22.8. The molecular weight excluding hydrogens is 538 g/mol. The van der Waals surface area contributed by atoms with Crippen molar-refractivity contribution in [3.63, 3.8) is 0 Å². The number of allylic oxidation sites excluding steroid dienone is 4. The van der Waals surface area contributed by atoms with E-state index >= 15 is 0 Å². The lowest BCUT2D eigenvalue weighted by Crippen LogP contribution is -2.20. The number of imidazole rings is 1. The summed E-state index contributed by atoms with van der Waals surface area (Å²) in [6.45, 7) is 2.16. The van der Waals surface area contributed by atoms with Gasteiger partial charge in [-0.15, -0.1) is 0 Å². The molecule has 0 saturated heterocycles. The van der Waals surface area contributed by atoms with Crippen molar-refractivity contribution < 1.29 is 17.9 Å². The number of H-pyrrole nitrogens is 1. The Kier molecular flexibility index (Phi) is 7.07. The summed E-state index contributed by atoms with van der Waals surface area (Å²) in [5.74, 6) is 0.128. The molecule has 2 heterocycles. The predicted molar refractivity (Wildman–Crippen MR) is 158 cm³/mol. The monoisotopic (exact) mass is 571 g/mol. The first-order valence-electron chi connectivity index (χ1n) is 14.0. The Hall–Kier alpha value is -4.11. The van der Waals surface area contributed by atoms with Gasteiger partial charge < -0.3 is 14.5 Å². The maximum Gasteiger partial charge on any atom is 0.343 e. The lowest BCUT2D eigenvalue weighted by Gasteiger charge is -2.30. The second kappa shape index (κ2) is 10.7. The Morgan fingerprint density at radius 2 is 1.98 bits per heavy atom. The van der Waals surface area contributed by atoms with Gasteiger partial charge in [0.25, 0.3) is 10.0 Å². The number of rotatable bonds is 10. The molecule has 0 radical (unpaired) electrons. The molecule has 212 valence electrons. The Morgan fingerprint density at radius 3 is 2.68 bits per heavy atom. The van der Waals surface area contributed by atoms with Gasteiger partial charge >= 0.3 is 5.63 Å². The van der Waals surface area contributed by atoms with E-state index < -0.39 is 21.6 Å². The van der Waals surface area contributed by atoms with E-state index in [2.05, 4.69) is 39.8 Å². The molecule has 0 aliphatic heterocycles. The van der Waals surface area contributed by atoms with Gasteiger partial charge in [-0.25, -0.2) is 9.78 Å². The summed E-state index contributed by atoms with van der Waals surface area (Å²) in [5, 5.41) is 10.9. The molecule has 9 heteroatoms. The van der Waals surface area contributed by atoms with Crippen LogP contribution in [-0.2, 0) is 16.4 Å². The van der Waals surface area contributed by atoms with E-state index in [9.17, 15) is 18.3 Å². The summed E-state index contributed by atoms with van der Waals surface area (Å²) in [6.07, 6.45) is 13.6. The van der Waals surface area contributed by atoms with Crippen LogP contribution in [-0.4, -0.2) is 23.5 Å². The Bertz CT molecular complexity index is 1780. The number of anilines is 1. The predicted octanol–water partition coefficient (Wildman–Crippen LogP) is 6.41. The Balaban J connectivity index is 1.26. The second-order valence-corrected chi connectivity index (χ2v) is 12.7. The fourth-order valence-corrected chi connectivity index (χ4v) is 6.81. The number of nitrogens with one attached hydrogen (secondary N) is 2. The van der Waals surface area contributed by atoms with Crippen molar-refractivity contribution in [3.05, 3.63) is 106 Å². The molecule has 2 atom stereocenters. The van der Waals surface area contributed by atoms with Crippen molar-refractivity contribution in [2.24, 2.45) is 11.3 Å². The number of benzene rings is 2. The quantitative estimate of drug-likeness (QED) is 0.202. The van der Waals surface area contributed by atoms with E-state index in [1.54, 1.807) is 48.5 Å². The van der Waals surface area contributed by atoms with Crippen LogP contribution in [0, 0.1) is 11.3 Å². The number of sulfonamides is 1. The minimum absolute atomic E-state index is 0.0221. The van der Waals surface area contributed by atoms with Crippen LogP contribution >= 0.6 is 0 Å². The van der Waals surface area contributed by atoms with Crippen LogP contribution in [0.2, 0.25) is 0 Å². The van der Waals surface area contributed by atoms with Crippen molar-refractivity contribution in [1.29, 1.82) is 0 Å². The third kappa shape index (κ3) is 5.59. The molecule has 0 spiro atoms. The van der Waals surface area contributed by atoms with E-state index in [1.807, 2.05) is 12.1 Å². The van der Waals surface area contributed by atoms with Gasteiger partial charge in [0.15, 0.2) is 0 Å². The van der Waals surface area contributed by atoms with Crippen molar-refractivity contribution in [2.75, 3.05) is 4.72 Å². The first-order valence-corrected chi connectivity index (χ1v) is 15.5. The first kappa shape index (κ1) is 27.1. The molecular formula is C32H33N3O5S. The molecule has 2 unspecified atom stereocenters. The zero-order chi connectivity index (χ0) is 28.6. The summed E-state index contributed by atoms with van der Waals surface area (Å²) in [6, 6.07) is 15.6. The largest absolute Gasteiger partial charge is 0.507 e. The summed E-state index contributed by atoms with van der Waals surface area (Å²) >= 11 is 0. The highest BCUT2D eigenvalue weighted by Gasteiger charge is 2.38. The van der Waals surface area contributed by atoms with Crippen molar-refractivity contribution in [1.82, 2.24) is 9.97 Å². The molecule has 8 nitrogen and oxygen atoms in total. The minimum atomic E-state index is -3.99. The number of hydrogen-bond acceptors (Lipinski definition) is 6. The van der Waals surface area contributed by atoms with Gasteiger partial charge in [-0.1, -0.05) is 55.5 Å². The van der Waals surface area contributed by atoms with Gasteiger partial charge in [-0.05, 0) is 73.3 Å². The SMILES string of the molecule is CCC1(CCc2cc(O)c(C(c3cccc(NS(=O)(=O)c4nc5ccccc5[nH]4)c3)C3CC3)c(=O)o2)C=CC=CC1. The fraction of sp³-hybridized carbons (Fsp3) is 0.312. The third-order valence-corrected chi connectivity index (χ3v) is 9.54. The third-order valence-electron chi connectivity index (χ3n) is 8.34. The highest BCUT2D eigenvalue weighted by atomic mass is 32.2. The second-order valence-electron chi connectivity index (χ2n) is 11.1. The molecule has 2 aliphatic rings. The number of fused-ring (bicyclic) bond motifs is 1. The lowest BCUT2D eigenvalue weighted by molar-refractivity contribution is 0.318. The fourth-order valence-electron chi connectivity index (χ4n) is 5.81. The minimum Gasteiger partial charge on any atom is -0.507 e. The number of para-hydroxylation sites is 2. The smallest absolute Gasteiger partial charge is 0.343 e. The standard InChI is InChI=1S/C32H33N3O5S/c1-2-32(16-6-3-7-17-32)18-15-24-20-27(36)29(30(37)40-24)28(21-13-14-21)22-9-8-10-23(19-22)35-41(38,39)31-33-25-11-4-5-12-26(25)34-31/h3-12,16,19-21,28,35-36H,2,13-15,17-18H2,1H3,(H,33,34). The van der Waals surface area contributed by atoms with Gasteiger partial charge in [0.1, 0.15) is 11.5 Å². The van der Waals surface area contributed by atoms with E-state index in [0.29, 0.717) is 28.9 Å². The van der Waals surface area contributed by atoms with E-state index in [0.717, 1.165) is 37.7 Å². The van der Waals surface area contributed by atoms with Crippen molar-refractivity contribution in [2.45, 2.75) is 56.5 Å². The summed E-state index contributed by atoms with van der Waals surface area (Å²) in [5.41, 5.74) is 1.95. The molecule has 4 aromatic rings. The van der Waals surface area contributed by atoms with E-state index in [1.165, 1.54) is 0 Å². The van der Waals surface area contributed by atoms with Crippen LogP contribution in [0.5, 0.6) is 5.75 Å². The van der Waals surface area contributed by atoms with Crippen molar-refractivity contribution >= 4 is 26.7 Å². The number of aromatic amines is 1. The van der Waals surface area contributed by atoms with Crippen LogP contribution in [0.25, 0.3) is 11.0 Å². The maximum absolute atomic E-state index is 13.3. The van der Waals surface area contributed by atoms with Gasteiger partial charge in [-0.2, -0.15) is 8.42 Å². The van der Waals surface area contributed by atoms with Crippen LogP contribution in [0.1, 0.15) is 61.8 Å². The lowest BCUT2D eigenvalue weighted by atomic mass is 9.75. The van der Waals surface area contributed by atoms with Crippen LogP contribution < -0.4 is 10.3 Å². The van der Waals surface area contributed by atoms with Gasteiger partial charge in [0.2, 0.25) is 5.16 Å². The zero-order valence-corrected chi connectivity index (χ0v) is 23.7.